The molecule has 94 valence electrons. The second kappa shape index (κ2) is 5.06. The summed E-state index contributed by atoms with van der Waals surface area (Å²) < 4.78 is 0.963. The van der Waals surface area contributed by atoms with E-state index in [9.17, 15) is 25.3 Å². The van der Waals surface area contributed by atoms with Crippen molar-refractivity contribution in [2.24, 2.45) is 0 Å². The average Bonchev–Trinajstić information content (AvgIpc) is 2.56. The molecule has 1 aromatic rings. The van der Waals surface area contributed by atoms with E-state index in [1.54, 1.807) is 0 Å². The van der Waals surface area contributed by atoms with Crippen molar-refractivity contribution in [2.45, 2.75) is 19.6 Å². The minimum atomic E-state index is -1.04. The topological polar surface area (TPSA) is 124 Å². The smallest absolute Gasteiger partial charge is 0.388 e. The Kier molecular flexibility index (Phi) is 3.97. The molecule has 0 spiro atoms. The van der Waals surface area contributed by atoms with Gasteiger partial charge in [0, 0.05) is 11.9 Å². The van der Waals surface area contributed by atoms with Crippen molar-refractivity contribution in [1.29, 1.82) is 0 Å². The molecule has 0 aliphatic rings. The van der Waals surface area contributed by atoms with Gasteiger partial charge in [-0.2, -0.15) is 4.57 Å². The van der Waals surface area contributed by atoms with Crippen molar-refractivity contribution in [1.82, 2.24) is 9.55 Å². The minimum Gasteiger partial charge on any atom is -0.388 e. The molecule has 0 unspecified atom stereocenters. The van der Waals surface area contributed by atoms with Gasteiger partial charge in [0.15, 0.2) is 0 Å². The highest BCUT2D eigenvalue weighted by molar-refractivity contribution is 6.18. The number of aryl methyl sites for hydroxylation is 1. The van der Waals surface area contributed by atoms with Crippen LogP contribution in [0.15, 0.2) is 0 Å². The largest absolute Gasteiger partial charge is 0.462 e. The summed E-state index contributed by atoms with van der Waals surface area (Å²) in [6.45, 7) is 1.16. The van der Waals surface area contributed by atoms with Gasteiger partial charge < -0.3 is 25.3 Å². The Morgan fingerprint density at radius 2 is 2.06 bits per heavy atom. The van der Waals surface area contributed by atoms with Gasteiger partial charge in [0.1, 0.15) is 12.6 Å². The Morgan fingerprint density at radius 1 is 1.47 bits per heavy atom. The van der Waals surface area contributed by atoms with Crippen LogP contribution >= 0.6 is 11.6 Å². The van der Waals surface area contributed by atoms with Gasteiger partial charge in [-0.3, -0.25) is 0 Å². The van der Waals surface area contributed by atoms with Gasteiger partial charge in [0.05, 0.1) is 5.88 Å². The van der Waals surface area contributed by atoms with Crippen molar-refractivity contribution >= 4 is 23.2 Å². The molecule has 1 aromatic heterocycles. The van der Waals surface area contributed by atoms with Crippen LogP contribution < -0.4 is 0 Å². The molecule has 0 aromatic carbocycles. The highest BCUT2D eigenvalue weighted by Gasteiger charge is 2.36. The molecule has 0 fully saturated rings. The zero-order valence-electron chi connectivity index (χ0n) is 8.74. The molecule has 9 nitrogen and oxygen atoms in total. The lowest BCUT2D eigenvalue weighted by atomic mass is 10.4. The van der Waals surface area contributed by atoms with E-state index in [2.05, 4.69) is 4.98 Å². The lowest BCUT2D eigenvalue weighted by Gasteiger charge is -2.04. The summed E-state index contributed by atoms with van der Waals surface area (Å²) in [5.41, 5.74) is 0. The number of nitro groups is 2. The third-order valence-electron chi connectivity index (χ3n) is 2.03. The van der Waals surface area contributed by atoms with Crippen LogP contribution in [-0.4, -0.2) is 36.5 Å². The molecule has 1 atom stereocenters. The Labute approximate surface area is 99.9 Å². The van der Waals surface area contributed by atoms with E-state index < -0.39 is 27.6 Å². The summed E-state index contributed by atoms with van der Waals surface area (Å²) in [6.07, 6.45) is -1.04. The minimum absolute atomic E-state index is 0.0765. The second-order valence-corrected chi connectivity index (χ2v) is 3.55. The molecule has 0 radical (unpaired) electrons. The first-order valence-corrected chi connectivity index (χ1v) is 5.01. The molecule has 10 heteroatoms. The fourth-order valence-electron chi connectivity index (χ4n) is 1.32. The number of hydrogen-bond donors (Lipinski definition) is 1. The van der Waals surface area contributed by atoms with Gasteiger partial charge in [-0.15, -0.1) is 11.6 Å². The quantitative estimate of drug-likeness (QED) is 0.472. The Hall–Kier alpha value is -1.74. The van der Waals surface area contributed by atoms with Crippen LogP contribution in [-0.2, 0) is 6.54 Å². The van der Waals surface area contributed by atoms with Crippen LogP contribution in [0.3, 0.4) is 0 Å². The van der Waals surface area contributed by atoms with E-state index >= 15 is 0 Å². The third-order valence-corrected chi connectivity index (χ3v) is 2.39. The molecule has 0 saturated heterocycles. The summed E-state index contributed by atoms with van der Waals surface area (Å²) >= 11 is 5.37. The molecule has 1 rings (SSSR count). The second-order valence-electron chi connectivity index (χ2n) is 3.24. The first-order chi connectivity index (χ1) is 7.88. The Balaban J connectivity index is 3.28. The molecule has 0 bridgehead atoms. The fourth-order valence-corrected chi connectivity index (χ4v) is 1.42. The number of aromatic nitrogens is 2. The Bertz CT molecular complexity index is 459. The molecule has 0 amide bonds. The van der Waals surface area contributed by atoms with Gasteiger partial charge in [-0.05, 0) is 9.85 Å². The summed E-state index contributed by atoms with van der Waals surface area (Å²) in [4.78, 5) is 23.0. The molecular formula is C7H9ClN4O5. The van der Waals surface area contributed by atoms with Crippen molar-refractivity contribution in [3.63, 3.8) is 0 Å². The predicted octanol–water partition coefficient (Wildman–Crippen LogP) is 0.608. The maximum Gasteiger partial charge on any atom is 0.462 e. The first kappa shape index (κ1) is 13.3. The van der Waals surface area contributed by atoms with Crippen molar-refractivity contribution < 1.29 is 15.0 Å². The fraction of sp³-hybridized carbons (Fsp3) is 0.571. The zero-order valence-corrected chi connectivity index (χ0v) is 9.49. The normalized spacial score (nSPS) is 12.4. The van der Waals surface area contributed by atoms with Crippen LogP contribution in [0.4, 0.5) is 11.6 Å². The monoisotopic (exact) mass is 264 g/mol. The van der Waals surface area contributed by atoms with Gasteiger partial charge in [0.25, 0.3) is 0 Å². The number of aliphatic hydroxyl groups is 1. The van der Waals surface area contributed by atoms with E-state index in [1.807, 2.05) is 0 Å². The zero-order chi connectivity index (χ0) is 13.2. The summed E-state index contributed by atoms with van der Waals surface area (Å²) in [5.74, 6) is -1.65. The van der Waals surface area contributed by atoms with Crippen LogP contribution in [0.1, 0.15) is 5.82 Å². The van der Waals surface area contributed by atoms with E-state index in [-0.39, 0.29) is 18.2 Å². The van der Waals surface area contributed by atoms with Crippen molar-refractivity contribution in [3.05, 3.63) is 26.1 Å². The molecule has 17 heavy (non-hydrogen) atoms. The maximum atomic E-state index is 10.8. The molecule has 1 N–H and O–H groups in total. The SMILES string of the molecule is Cc1nc([N+](=O)[O-])c([N+](=O)[O-])n1C[C@@H](O)CCl. The van der Waals surface area contributed by atoms with Crippen LogP contribution in [0.2, 0.25) is 0 Å². The maximum absolute atomic E-state index is 10.8. The van der Waals surface area contributed by atoms with Crippen LogP contribution in [0, 0.1) is 27.2 Å². The van der Waals surface area contributed by atoms with E-state index in [0.29, 0.717) is 0 Å². The number of rotatable bonds is 5. The number of imidazole rings is 1. The van der Waals surface area contributed by atoms with Gasteiger partial charge in [0.2, 0.25) is 0 Å². The molecular weight excluding hydrogens is 256 g/mol. The van der Waals surface area contributed by atoms with Crippen molar-refractivity contribution in [2.75, 3.05) is 5.88 Å². The van der Waals surface area contributed by atoms with Gasteiger partial charge in [-0.25, -0.2) is 0 Å². The number of alkyl halides is 1. The molecule has 1 heterocycles. The first-order valence-electron chi connectivity index (χ1n) is 4.48. The average molecular weight is 265 g/mol. The third kappa shape index (κ3) is 2.68. The van der Waals surface area contributed by atoms with E-state index in [0.717, 1.165) is 4.57 Å². The predicted molar refractivity (Wildman–Crippen MR) is 57.0 cm³/mol. The standard InChI is InChI=1S/C7H9ClN4O5/c1-4-9-6(11(14)15)7(12(16)17)10(4)3-5(13)2-8/h5,13H,2-3H2,1H3/t5-/m0/s1. The van der Waals surface area contributed by atoms with Crippen molar-refractivity contribution in [3.8, 4) is 0 Å². The molecule has 0 aliphatic carbocycles. The number of hydrogen-bond acceptors (Lipinski definition) is 6. The highest BCUT2D eigenvalue weighted by Crippen LogP contribution is 2.27. The lowest BCUT2D eigenvalue weighted by Crippen LogP contribution is -2.19. The number of nitrogens with zero attached hydrogens (tertiary/aromatic N) is 4. The van der Waals surface area contributed by atoms with Gasteiger partial charge in [-0.1, -0.05) is 0 Å². The Morgan fingerprint density at radius 3 is 2.47 bits per heavy atom. The molecule has 0 aliphatic heterocycles. The van der Waals surface area contributed by atoms with Crippen LogP contribution in [0.5, 0.6) is 0 Å². The van der Waals surface area contributed by atoms with Gasteiger partial charge >= 0.3 is 17.5 Å². The van der Waals surface area contributed by atoms with E-state index in [1.165, 1.54) is 6.92 Å². The number of halogens is 1. The van der Waals surface area contributed by atoms with E-state index in [4.69, 9.17) is 11.6 Å². The molecule has 0 saturated carbocycles. The lowest BCUT2D eigenvalue weighted by molar-refractivity contribution is -0.428. The number of aliphatic hydroxyl groups excluding tert-OH is 1. The summed E-state index contributed by atoms with van der Waals surface area (Å²) in [5, 5.41) is 30.7. The highest BCUT2D eigenvalue weighted by atomic mass is 35.5. The van der Waals surface area contributed by atoms with Crippen LogP contribution in [0.25, 0.3) is 0 Å². The summed E-state index contributed by atoms with van der Waals surface area (Å²) in [7, 11) is 0. The summed E-state index contributed by atoms with van der Waals surface area (Å²) in [6, 6.07) is 0.